The second kappa shape index (κ2) is 8.48. The van der Waals surface area contributed by atoms with Gasteiger partial charge >= 0.3 is 0 Å². The summed E-state index contributed by atoms with van der Waals surface area (Å²) in [6, 6.07) is 5.05. The number of carbonyl (C=O) groups is 1. The lowest BCUT2D eigenvalue weighted by atomic mass is 10.0. The highest BCUT2D eigenvalue weighted by molar-refractivity contribution is 8.00. The molecule has 1 aromatic carbocycles. The van der Waals surface area contributed by atoms with E-state index in [4.69, 9.17) is 11.6 Å². The summed E-state index contributed by atoms with van der Waals surface area (Å²) in [5.74, 6) is 0.622. The van der Waals surface area contributed by atoms with Crippen molar-refractivity contribution >= 4 is 40.2 Å². The van der Waals surface area contributed by atoms with Crippen molar-refractivity contribution in [3.8, 4) is 0 Å². The molecule has 0 bridgehead atoms. The van der Waals surface area contributed by atoms with E-state index in [0.29, 0.717) is 33.5 Å². The second-order valence-electron chi connectivity index (χ2n) is 7.05. The van der Waals surface area contributed by atoms with E-state index >= 15 is 0 Å². The smallest absolute Gasteiger partial charge is 0.262 e. The van der Waals surface area contributed by atoms with Gasteiger partial charge in [-0.15, -0.1) is 6.58 Å². The molecule has 0 spiro atoms. The first kappa shape index (κ1) is 20.0. The summed E-state index contributed by atoms with van der Waals surface area (Å²) < 4.78 is 1.57. The standard InChI is InChI=1S/C20H24ClN3O2S/c1-4-9-24-19(26)16-8-7-15(21)11-17(16)22-20(24)27-14(3)18(25)23-10-5-6-13(2)12-23/h4,7-8,11,13-14H,1,5-6,9-10,12H2,2-3H3/t13-,14-/m0/s1. The zero-order chi connectivity index (χ0) is 19.6. The van der Waals surface area contributed by atoms with Crippen LogP contribution in [0.2, 0.25) is 5.02 Å². The fourth-order valence-electron chi connectivity index (χ4n) is 3.41. The third kappa shape index (κ3) is 4.38. The van der Waals surface area contributed by atoms with Crippen LogP contribution in [0.5, 0.6) is 0 Å². The molecule has 0 radical (unpaired) electrons. The zero-order valence-corrected chi connectivity index (χ0v) is 17.2. The van der Waals surface area contributed by atoms with Crippen molar-refractivity contribution < 1.29 is 4.79 Å². The molecule has 0 unspecified atom stereocenters. The molecule has 1 aliphatic rings. The molecule has 1 aromatic heterocycles. The number of piperidine rings is 1. The van der Waals surface area contributed by atoms with Gasteiger partial charge in [0.05, 0.1) is 16.2 Å². The number of halogens is 1. The van der Waals surface area contributed by atoms with E-state index in [1.807, 2.05) is 11.8 Å². The number of carbonyl (C=O) groups excluding carboxylic acids is 1. The van der Waals surface area contributed by atoms with Gasteiger partial charge in [-0.2, -0.15) is 0 Å². The SMILES string of the molecule is C=CCn1c(S[C@@H](C)C(=O)N2CCC[C@H](C)C2)nc2cc(Cl)ccc2c1=O. The average molecular weight is 406 g/mol. The first-order valence-electron chi connectivity index (χ1n) is 9.17. The third-order valence-electron chi connectivity index (χ3n) is 4.79. The normalized spacial score (nSPS) is 18.5. The number of nitrogens with zero attached hydrogens (tertiary/aromatic N) is 3. The summed E-state index contributed by atoms with van der Waals surface area (Å²) in [5.41, 5.74) is 0.395. The molecule has 1 fully saturated rings. The largest absolute Gasteiger partial charge is 0.341 e. The van der Waals surface area contributed by atoms with Crippen LogP contribution >= 0.6 is 23.4 Å². The summed E-state index contributed by atoms with van der Waals surface area (Å²) in [7, 11) is 0. The van der Waals surface area contributed by atoms with Gasteiger partial charge in [0.1, 0.15) is 0 Å². The molecule has 2 atom stereocenters. The number of benzene rings is 1. The minimum absolute atomic E-state index is 0.0946. The Morgan fingerprint density at radius 1 is 1.52 bits per heavy atom. The number of aromatic nitrogens is 2. The molecular weight excluding hydrogens is 382 g/mol. The molecule has 1 saturated heterocycles. The molecule has 0 N–H and O–H groups in total. The van der Waals surface area contributed by atoms with E-state index in [1.54, 1.807) is 28.8 Å². The fraction of sp³-hybridized carbons (Fsp3) is 0.450. The summed E-state index contributed by atoms with van der Waals surface area (Å²) in [6.45, 7) is 9.72. The minimum atomic E-state index is -0.324. The van der Waals surface area contributed by atoms with Crippen LogP contribution in [0.25, 0.3) is 10.9 Å². The van der Waals surface area contributed by atoms with E-state index in [0.717, 1.165) is 25.9 Å². The number of thioether (sulfide) groups is 1. The van der Waals surface area contributed by atoms with Gasteiger partial charge in [0.2, 0.25) is 5.91 Å². The molecule has 2 heterocycles. The Morgan fingerprint density at radius 3 is 3.00 bits per heavy atom. The van der Waals surface area contributed by atoms with Gasteiger partial charge in [-0.05, 0) is 43.9 Å². The number of rotatable bonds is 5. The monoisotopic (exact) mass is 405 g/mol. The maximum Gasteiger partial charge on any atom is 0.262 e. The summed E-state index contributed by atoms with van der Waals surface area (Å²) in [4.78, 5) is 32.3. The maximum absolute atomic E-state index is 12.9. The molecular formula is C20H24ClN3O2S. The van der Waals surface area contributed by atoms with Crippen LogP contribution < -0.4 is 5.56 Å². The highest BCUT2D eigenvalue weighted by Gasteiger charge is 2.27. The number of allylic oxidation sites excluding steroid dienone is 1. The van der Waals surface area contributed by atoms with E-state index in [1.165, 1.54) is 11.8 Å². The van der Waals surface area contributed by atoms with Gasteiger partial charge in [0, 0.05) is 24.7 Å². The number of fused-ring (bicyclic) bond motifs is 1. The van der Waals surface area contributed by atoms with Crippen LogP contribution in [0.4, 0.5) is 0 Å². The first-order chi connectivity index (χ1) is 12.9. The van der Waals surface area contributed by atoms with Gasteiger partial charge in [0.25, 0.3) is 5.56 Å². The Balaban J connectivity index is 1.92. The Kier molecular flexibility index (Phi) is 6.27. The molecule has 0 aliphatic carbocycles. The molecule has 1 amide bonds. The molecule has 3 rings (SSSR count). The number of likely N-dealkylation sites (tertiary alicyclic amines) is 1. The molecule has 7 heteroatoms. The Morgan fingerprint density at radius 2 is 2.30 bits per heavy atom. The molecule has 2 aromatic rings. The highest BCUT2D eigenvalue weighted by Crippen LogP contribution is 2.26. The van der Waals surface area contributed by atoms with Crippen LogP contribution in [0.1, 0.15) is 26.7 Å². The quantitative estimate of drug-likeness (QED) is 0.429. The van der Waals surface area contributed by atoms with Gasteiger partial charge in [0.15, 0.2) is 5.16 Å². The van der Waals surface area contributed by atoms with E-state index < -0.39 is 0 Å². The highest BCUT2D eigenvalue weighted by atomic mass is 35.5. The lowest BCUT2D eigenvalue weighted by Crippen LogP contribution is -2.43. The van der Waals surface area contributed by atoms with Gasteiger partial charge in [-0.3, -0.25) is 14.2 Å². The average Bonchev–Trinajstić information content (AvgIpc) is 2.64. The number of hydrogen-bond donors (Lipinski definition) is 0. The van der Waals surface area contributed by atoms with E-state index in [-0.39, 0.29) is 16.7 Å². The zero-order valence-electron chi connectivity index (χ0n) is 15.7. The van der Waals surface area contributed by atoms with Crippen molar-refractivity contribution in [1.82, 2.24) is 14.5 Å². The molecule has 1 aliphatic heterocycles. The molecule has 27 heavy (non-hydrogen) atoms. The van der Waals surface area contributed by atoms with Crippen LogP contribution in [0.3, 0.4) is 0 Å². The van der Waals surface area contributed by atoms with Crippen LogP contribution in [-0.4, -0.2) is 38.7 Å². The molecule has 5 nitrogen and oxygen atoms in total. The van der Waals surface area contributed by atoms with Crippen molar-refractivity contribution in [2.75, 3.05) is 13.1 Å². The summed E-state index contributed by atoms with van der Waals surface area (Å²) in [5, 5.41) is 1.23. The molecule has 144 valence electrons. The number of hydrogen-bond acceptors (Lipinski definition) is 4. The third-order valence-corrected chi connectivity index (χ3v) is 6.11. The van der Waals surface area contributed by atoms with Gasteiger partial charge < -0.3 is 4.90 Å². The van der Waals surface area contributed by atoms with Crippen LogP contribution in [-0.2, 0) is 11.3 Å². The first-order valence-corrected chi connectivity index (χ1v) is 10.4. The Bertz CT molecular complexity index is 927. The maximum atomic E-state index is 12.9. The van der Waals surface area contributed by atoms with Crippen molar-refractivity contribution in [3.63, 3.8) is 0 Å². The Labute approximate surface area is 168 Å². The van der Waals surface area contributed by atoms with Crippen molar-refractivity contribution in [2.45, 2.75) is 43.6 Å². The van der Waals surface area contributed by atoms with Crippen LogP contribution in [0, 0.1) is 5.92 Å². The van der Waals surface area contributed by atoms with Crippen molar-refractivity contribution in [3.05, 3.63) is 46.2 Å². The van der Waals surface area contributed by atoms with E-state index in [9.17, 15) is 9.59 Å². The van der Waals surface area contributed by atoms with E-state index in [2.05, 4.69) is 18.5 Å². The number of amides is 1. The summed E-state index contributed by atoms with van der Waals surface area (Å²) >= 11 is 7.38. The van der Waals surface area contributed by atoms with Gasteiger partial charge in [-0.25, -0.2) is 4.98 Å². The molecule has 0 saturated carbocycles. The Hall–Kier alpha value is -1.79. The lowest BCUT2D eigenvalue weighted by Gasteiger charge is -2.32. The second-order valence-corrected chi connectivity index (χ2v) is 8.80. The summed E-state index contributed by atoms with van der Waals surface area (Å²) in [6.07, 6.45) is 3.86. The topological polar surface area (TPSA) is 55.2 Å². The van der Waals surface area contributed by atoms with Gasteiger partial charge in [-0.1, -0.05) is 36.4 Å². The minimum Gasteiger partial charge on any atom is -0.341 e. The van der Waals surface area contributed by atoms with Crippen molar-refractivity contribution in [1.29, 1.82) is 0 Å². The fourth-order valence-corrected chi connectivity index (χ4v) is 4.58. The predicted molar refractivity (Wildman–Crippen MR) is 112 cm³/mol. The van der Waals surface area contributed by atoms with Crippen LogP contribution in [0.15, 0.2) is 40.8 Å². The predicted octanol–water partition coefficient (Wildman–Crippen LogP) is 3.98. The lowest BCUT2D eigenvalue weighted by molar-refractivity contribution is -0.132. The van der Waals surface area contributed by atoms with Crippen molar-refractivity contribution in [2.24, 2.45) is 5.92 Å².